The third kappa shape index (κ3) is 3.06. The van der Waals surface area contributed by atoms with Crippen LogP contribution in [0.25, 0.3) is 11.3 Å². The Balaban J connectivity index is 1.50. The van der Waals surface area contributed by atoms with E-state index in [1.165, 1.54) is 17.0 Å². The maximum Gasteiger partial charge on any atom is 0.263 e. The molecule has 1 spiro atoms. The molecule has 2 aliphatic heterocycles. The fourth-order valence-electron chi connectivity index (χ4n) is 4.56. The molecule has 150 valence electrons. The molecular formula is C23H25N3O2S. The average Bonchev–Trinajstić information content (AvgIpc) is 3.39. The lowest BCUT2D eigenvalue weighted by Gasteiger charge is -2.44. The van der Waals surface area contributed by atoms with Crippen molar-refractivity contribution >= 4 is 17.2 Å². The number of amides is 1. The summed E-state index contributed by atoms with van der Waals surface area (Å²) in [6, 6.07) is 12.0. The number of fused-ring (bicyclic) bond motifs is 4. The van der Waals surface area contributed by atoms with Crippen molar-refractivity contribution in [3.63, 3.8) is 0 Å². The second kappa shape index (κ2) is 7.02. The smallest absolute Gasteiger partial charge is 0.263 e. The van der Waals surface area contributed by atoms with Gasteiger partial charge in [-0.2, -0.15) is 0 Å². The molecule has 0 radical (unpaired) electrons. The van der Waals surface area contributed by atoms with E-state index >= 15 is 0 Å². The summed E-state index contributed by atoms with van der Waals surface area (Å²) in [4.78, 5) is 20.4. The fraction of sp³-hybridized carbons (Fsp3) is 0.391. The lowest BCUT2D eigenvalue weighted by Crippen LogP contribution is -2.50. The number of carbonyl (C=O) groups is 1. The van der Waals surface area contributed by atoms with E-state index in [-0.39, 0.29) is 5.91 Å². The van der Waals surface area contributed by atoms with E-state index in [0.29, 0.717) is 19.0 Å². The summed E-state index contributed by atoms with van der Waals surface area (Å²) in [5, 5.41) is 1.95. The first kappa shape index (κ1) is 18.4. The summed E-state index contributed by atoms with van der Waals surface area (Å²) in [6.07, 6.45) is 3.51. The fourth-order valence-corrected chi connectivity index (χ4v) is 5.26. The van der Waals surface area contributed by atoms with Gasteiger partial charge in [-0.3, -0.25) is 4.79 Å². The van der Waals surface area contributed by atoms with E-state index in [4.69, 9.17) is 9.72 Å². The first-order chi connectivity index (χ1) is 14.1. The molecule has 2 aromatic heterocycles. The Morgan fingerprint density at radius 1 is 1.21 bits per heavy atom. The molecular weight excluding hydrogens is 382 g/mol. The Kier molecular flexibility index (Phi) is 4.46. The molecule has 5 nitrogen and oxygen atoms in total. The van der Waals surface area contributed by atoms with E-state index in [9.17, 15) is 4.79 Å². The number of piperidine rings is 1. The minimum Gasteiger partial charge on any atom is -0.480 e. The summed E-state index contributed by atoms with van der Waals surface area (Å²) in [5.41, 5.74) is 2.84. The minimum atomic E-state index is -0.429. The zero-order valence-electron chi connectivity index (χ0n) is 16.8. The summed E-state index contributed by atoms with van der Waals surface area (Å²) in [5.74, 6) is 1.54. The van der Waals surface area contributed by atoms with Crippen LogP contribution < -0.4 is 4.74 Å². The topological polar surface area (TPSA) is 47.4 Å². The van der Waals surface area contributed by atoms with E-state index < -0.39 is 5.60 Å². The molecule has 3 aromatic rings. The second-order valence-corrected chi connectivity index (χ2v) is 9.30. The Morgan fingerprint density at radius 3 is 2.72 bits per heavy atom. The number of para-hydroxylation sites is 1. The number of ether oxygens (including phenoxy) is 1. The number of imidazole rings is 1. The maximum absolute atomic E-state index is 12.8. The number of thiophene rings is 1. The predicted molar refractivity (Wildman–Crippen MR) is 114 cm³/mol. The number of nitrogens with zero attached hydrogens (tertiary/aromatic N) is 3. The van der Waals surface area contributed by atoms with Crippen molar-refractivity contribution in [2.45, 2.75) is 38.8 Å². The van der Waals surface area contributed by atoms with Crippen LogP contribution in [0.4, 0.5) is 0 Å². The van der Waals surface area contributed by atoms with Crippen molar-refractivity contribution in [2.75, 3.05) is 13.1 Å². The number of hydrogen-bond donors (Lipinski definition) is 0. The maximum atomic E-state index is 12.8. The third-order valence-corrected chi connectivity index (χ3v) is 6.73. The van der Waals surface area contributed by atoms with Gasteiger partial charge in [-0.15, -0.1) is 11.3 Å². The van der Waals surface area contributed by atoms with E-state index in [1.807, 2.05) is 46.9 Å². The molecule has 1 aromatic carbocycles. The quantitative estimate of drug-likeness (QED) is 0.627. The van der Waals surface area contributed by atoms with Crippen LogP contribution in [-0.4, -0.2) is 33.4 Å². The molecule has 1 amide bonds. The number of hydrogen-bond acceptors (Lipinski definition) is 4. The molecule has 6 heteroatoms. The van der Waals surface area contributed by atoms with Crippen LogP contribution in [0.2, 0.25) is 0 Å². The number of benzene rings is 1. The largest absolute Gasteiger partial charge is 0.480 e. The molecule has 1 fully saturated rings. The van der Waals surface area contributed by atoms with E-state index in [0.717, 1.165) is 41.3 Å². The van der Waals surface area contributed by atoms with Gasteiger partial charge in [0.15, 0.2) is 5.60 Å². The highest BCUT2D eigenvalue weighted by atomic mass is 32.1. The van der Waals surface area contributed by atoms with Gasteiger partial charge in [0.05, 0.1) is 22.6 Å². The first-order valence-electron chi connectivity index (χ1n) is 10.2. The van der Waals surface area contributed by atoms with Gasteiger partial charge in [0.1, 0.15) is 5.75 Å². The predicted octanol–water partition coefficient (Wildman–Crippen LogP) is 4.79. The van der Waals surface area contributed by atoms with Crippen LogP contribution in [0.5, 0.6) is 5.75 Å². The van der Waals surface area contributed by atoms with Crippen LogP contribution in [-0.2, 0) is 12.1 Å². The lowest BCUT2D eigenvalue weighted by atomic mass is 9.83. The van der Waals surface area contributed by atoms with Gasteiger partial charge in [-0.25, -0.2) is 4.98 Å². The van der Waals surface area contributed by atoms with Crippen molar-refractivity contribution in [1.29, 1.82) is 0 Å². The van der Waals surface area contributed by atoms with Crippen LogP contribution in [0.1, 0.15) is 42.1 Å². The summed E-state index contributed by atoms with van der Waals surface area (Å²) >= 11 is 1.51. The molecule has 1 saturated heterocycles. The molecule has 0 bridgehead atoms. The summed E-state index contributed by atoms with van der Waals surface area (Å²) < 4.78 is 8.96. The zero-order chi connectivity index (χ0) is 20.0. The highest BCUT2D eigenvalue weighted by molar-refractivity contribution is 7.12. The summed E-state index contributed by atoms with van der Waals surface area (Å²) in [7, 11) is 0. The van der Waals surface area contributed by atoms with Crippen molar-refractivity contribution in [3.8, 4) is 17.0 Å². The molecule has 0 saturated carbocycles. The molecule has 4 heterocycles. The van der Waals surface area contributed by atoms with Gasteiger partial charge in [0.25, 0.3) is 5.91 Å². The Hall–Kier alpha value is -2.60. The van der Waals surface area contributed by atoms with E-state index in [1.54, 1.807) is 0 Å². The standard InChI is InChI=1S/C23H25N3O2S/c1-16(2)14-26-15-24-20-17-6-3-4-7-18(17)28-23(21(20)26)9-11-25(12-10-23)22(27)19-8-5-13-29-19/h3-8,13,15-16H,9-12,14H2,1-2H3. The second-order valence-electron chi connectivity index (χ2n) is 8.35. The Labute approximate surface area is 174 Å². The van der Waals surface area contributed by atoms with Gasteiger partial charge < -0.3 is 14.2 Å². The molecule has 5 rings (SSSR count). The van der Waals surface area contributed by atoms with Gasteiger partial charge in [-0.05, 0) is 29.5 Å². The van der Waals surface area contributed by atoms with Crippen molar-refractivity contribution in [3.05, 3.63) is 58.7 Å². The number of carbonyl (C=O) groups excluding carboxylic acids is 1. The van der Waals surface area contributed by atoms with Crippen molar-refractivity contribution in [1.82, 2.24) is 14.5 Å². The molecule has 2 aliphatic rings. The average molecular weight is 408 g/mol. The van der Waals surface area contributed by atoms with Gasteiger partial charge in [0, 0.05) is 38.0 Å². The van der Waals surface area contributed by atoms with Crippen molar-refractivity contribution in [2.24, 2.45) is 5.92 Å². The third-order valence-electron chi connectivity index (χ3n) is 5.87. The Bertz CT molecular complexity index is 1030. The SMILES string of the molecule is CC(C)Cn1cnc2c1C1(CCN(C(=O)c3cccs3)CC1)Oc1ccccc1-2. The summed E-state index contributed by atoms with van der Waals surface area (Å²) in [6.45, 7) is 6.72. The number of likely N-dealkylation sites (tertiary alicyclic amines) is 1. The molecule has 0 atom stereocenters. The van der Waals surface area contributed by atoms with Gasteiger partial charge >= 0.3 is 0 Å². The van der Waals surface area contributed by atoms with Crippen molar-refractivity contribution < 1.29 is 9.53 Å². The van der Waals surface area contributed by atoms with Crippen LogP contribution in [0.15, 0.2) is 48.1 Å². The molecule has 29 heavy (non-hydrogen) atoms. The molecule has 0 N–H and O–H groups in total. The van der Waals surface area contributed by atoms with Gasteiger partial charge in [0.2, 0.25) is 0 Å². The van der Waals surface area contributed by atoms with Crippen LogP contribution in [0.3, 0.4) is 0 Å². The van der Waals surface area contributed by atoms with E-state index in [2.05, 4.69) is 24.5 Å². The highest BCUT2D eigenvalue weighted by Crippen LogP contribution is 2.49. The Morgan fingerprint density at radius 2 is 2.00 bits per heavy atom. The normalized spacial score (nSPS) is 17.1. The van der Waals surface area contributed by atoms with Crippen LogP contribution >= 0.6 is 11.3 Å². The molecule has 0 unspecified atom stereocenters. The van der Waals surface area contributed by atoms with Gasteiger partial charge in [-0.1, -0.05) is 32.0 Å². The highest BCUT2D eigenvalue weighted by Gasteiger charge is 2.47. The molecule has 0 aliphatic carbocycles. The minimum absolute atomic E-state index is 0.127. The number of aromatic nitrogens is 2. The van der Waals surface area contributed by atoms with Crippen LogP contribution in [0, 0.1) is 5.92 Å². The number of rotatable bonds is 3. The first-order valence-corrected chi connectivity index (χ1v) is 11.1. The monoisotopic (exact) mass is 407 g/mol. The lowest BCUT2D eigenvalue weighted by molar-refractivity contribution is -0.00745. The zero-order valence-corrected chi connectivity index (χ0v) is 17.6.